The van der Waals surface area contributed by atoms with Crippen molar-refractivity contribution in [2.24, 2.45) is 0 Å². The molecule has 3 rings (SSSR count). The van der Waals surface area contributed by atoms with Gasteiger partial charge in [-0.25, -0.2) is 4.39 Å². The molecule has 1 N–H and O–H groups in total. The molecule has 2 aromatic rings. The maximum Gasteiger partial charge on any atom is 0.124 e. The van der Waals surface area contributed by atoms with Crippen molar-refractivity contribution in [3.05, 3.63) is 69.5 Å². The van der Waals surface area contributed by atoms with Gasteiger partial charge in [0.1, 0.15) is 5.82 Å². The Labute approximate surface area is 134 Å². The van der Waals surface area contributed by atoms with Crippen molar-refractivity contribution in [3.8, 4) is 0 Å². The normalized spacial score (nSPS) is 22.2. The van der Waals surface area contributed by atoms with Gasteiger partial charge in [-0.1, -0.05) is 41.4 Å². The molecule has 1 heterocycles. The Morgan fingerprint density at radius 1 is 1.05 bits per heavy atom. The maximum atomic E-state index is 13.3. The summed E-state index contributed by atoms with van der Waals surface area (Å²) < 4.78 is 13.3. The molecular weight excluding hydrogens is 308 g/mol. The average molecular weight is 324 g/mol. The maximum absolute atomic E-state index is 13.3. The Bertz CT molecular complexity index is 644. The minimum atomic E-state index is -0.294. The number of halogens is 3. The Kier molecular flexibility index (Phi) is 4.48. The fourth-order valence-electron chi connectivity index (χ4n) is 3.12. The van der Waals surface area contributed by atoms with Crippen molar-refractivity contribution in [2.45, 2.75) is 18.3 Å². The van der Waals surface area contributed by atoms with Crippen LogP contribution in [0.2, 0.25) is 10.0 Å². The number of hydrogen-bond acceptors (Lipinski definition) is 1. The molecular formula is C17H16Cl2FN. The summed E-state index contributed by atoms with van der Waals surface area (Å²) in [4.78, 5) is 0. The monoisotopic (exact) mass is 323 g/mol. The van der Waals surface area contributed by atoms with E-state index in [2.05, 4.69) is 11.4 Å². The van der Waals surface area contributed by atoms with Gasteiger partial charge in [0.25, 0.3) is 0 Å². The number of rotatable bonds is 2. The van der Waals surface area contributed by atoms with Crippen molar-refractivity contribution in [3.63, 3.8) is 0 Å². The van der Waals surface area contributed by atoms with Gasteiger partial charge in [0, 0.05) is 22.5 Å². The zero-order valence-corrected chi connectivity index (χ0v) is 13.0. The summed E-state index contributed by atoms with van der Waals surface area (Å²) in [6.07, 6.45) is 0.975. The van der Waals surface area contributed by atoms with E-state index in [1.54, 1.807) is 0 Å². The van der Waals surface area contributed by atoms with Gasteiger partial charge >= 0.3 is 0 Å². The van der Waals surface area contributed by atoms with Gasteiger partial charge in [-0.3, -0.25) is 0 Å². The van der Waals surface area contributed by atoms with E-state index in [0.717, 1.165) is 30.1 Å². The van der Waals surface area contributed by atoms with E-state index >= 15 is 0 Å². The first kappa shape index (κ1) is 14.8. The first-order chi connectivity index (χ1) is 10.1. The van der Waals surface area contributed by atoms with Crippen LogP contribution in [0, 0.1) is 5.82 Å². The van der Waals surface area contributed by atoms with E-state index < -0.39 is 0 Å². The van der Waals surface area contributed by atoms with Crippen molar-refractivity contribution in [1.82, 2.24) is 5.32 Å². The lowest BCUT2D eigenvalue weighted by atomic mass is 9.77. The molecule has 2 atom stereocenters. The van der Waals surface area contributed by atoms with Crippen molar-refractivity contribution < 1.29 is 4.39 Å². The fraction of sp³-hybridized carbons (Fsp3) is 0.294. The predicted molar refractivity (Wildman–Crippen MR) is 85.8 cm³/mol. The molecule has 1 aliphatic rings. The Morgan fingerprint density at radius 2 is 1.90 bits per heavy atom. The highest BCUT2D eigenvalue weighted by atomic mass is 35.5. The summed E-state index contributed by atoms with van der Waals surface area (Å²) in [5.74, 6) is 0.273. The molecule has 0 radical (unpaired) electrons. The number of hydrogen-bond donors (Lipinski definition) is 1. The molecule has 0 bridgehead atoms. The van der Waals surface area contributed by atoms with Crippen LogP contribution in [0.5, 0.6) is 0 Å². The van der Waals surface area contributed by atoms with E-state index in [1.165, 1.54) is 17.7 Å². The zero-order valence-electron chi connectivity index (χ0n) is 11.5. The van der Waals surface area contributed by atoms with E-state index in [-0.39, 0.29) is 11.7 Å². The Morgan fingerprint density at radius 3 is 2.67 bits per heavy atom. The Balaban J connectivity index is 1.98. The second kappa shape index (κ2) is 6.35. The highest BCUT2D eigenvalue weighted by Crippen LogP contribution is 2.40. The SMILES string of the molecule is Fc1ccc(C2CCNCC2c2cccc(Cl)c2)c(Cl)c1. The number of benzene rings is 2. The van der Waals surface area contributed by atoms with Crippen LogP contribution in [0.4, 0.5) is 4.39 Å². The molecule has 0 saturated carbocycles. The van der Waals surface area contributed by atoms with E-state index in [0.29, 0.717) is 10.9 Å². The molecule has 0 aromatic heterocycles. The summed E-state index contributed by atoms with van der Waals surface area (Å²) in [7, 11) is 0. The van der Waals surface area contributed by atoms with Crippen LogP contribution in [0.15, 0.2) is 42.5 Å². The third-order valence-corrected chi connectivity index (χ3v) is 4.68. The van der Waals surface area contributed by atoms with Gasteiger partial charge in [0.2, 0.25) is 0 Å². The molecule has 1 saturated heterocycles. The summed E-state index contributed by atoms with van der Waals surface area (Å²) in [5.41, 5.74) is 2.21. The van der Waals surface area contributed by atoms with Crippen LogP contribution >= 0.6 is 23.2 Å². The summed E-state index contributed by atoms with van der Waals surface area (Å²) in [6, 6.07) is 12.6. The third kappa shape index (κ3) is 3.23. The quantitative estimate of drug-likeness (QED) is 0.820. The topological polar surface area (TPSA) is 12.0 Å². The standard InChI is InChI=1S/C17H16Cl2FN/c18-12-3-1-2-11(8-12)16-10-21-7-6-14(16)15-5-4-13(20)9-17(15)19/h1-5,8-9,14,16,21H,6-7,10H2. The lowest BCUT2D eigenvalue weighted by molar-refractivity contribution is 0.404. The molecule has 4 heteroatoms. The second-order valence-corrected chi connectivity index (χ2v) is 6.27. The molecule has 2 unspecified atom stereocenters. The zero-order chi connectivity index (χ0) is 14.8. The first-order valence-electron chi connectivity index (χ1n) is 7.06. The van der Waals surface area contributed by atoms with E-state index in [1.807, 2.05) is 24.3 Å². The van der Waals surface area contributed by atoms with Crippen molar-refractivity contribution in [1.29, 1.82) is 0 Å². The molecule has 110 valence electrons. The highest BCUT2D eigenvalue weighted by Gasteiger charge is 2.29. The average Bonchev–Trinajstić information content (AvgIpc) is 2.47. The molecule has 1 fully saturated rings. The molecule has 0 aliphatic carbocycles. The lowest BCUT2D eigenvalue weighted by Crippen LogP contribution is -2.34. The molecule has 1 nitrogen and oxygen atoms in total. The molecule has 21 heavy (non-hydrogen) atoms. The van der Waals surface area contributed by atoms with Gasteiger partial charge in [-0.05, 0) is 54.3 Å². The smallest absolute Gasteiger partial charge is 0.124 e. The number of piperidine rings is 1. The van der Waals surface area contributed by atoms with Gasteiger partial charge < -0.3 is 5.32 Å². The van der Waals surface area contributed by atoms with E-state index in [4.69, 9.17) is 23.2 Å². The van der Waals surface area contributed by atoms with Gasteiger partial charge in [-0.15, -0.1) is 0 Å². The van der Waals surface area contributed by atoms with Crippen LogP contribution in [0.25, 0.3) is 0 Å². The molecule has 0 amide bonds. The van der Waals surface area contributed by atoms with Gasteiger partial charge in [0.05, 0.1) is 0 Å². The van der Waals surface area contributed by atoms with Crippen LogP contribution < -0.4 is 5.32 Å². The van der Waals surface area contributed by atoms with Gasteiger partial charge in [0.15, 0.2) is 0 Å². The predicted octanol–water partition coefficient (Wildman–Crippen LogP) is 4.99. The van der Waals surface area contributed by atoms with Crippen LogP contribution in [-0.4, -0.2) is 13.1 Å². The Hall–Kier alpha value is -1.09. The number of nitrogens with one attached hydrogen (secondary N) is 1. The summed E-state index contributed by atoms with van der Waals surface area (Å²) in [5, 5.41) is 4.67. The lowest BCUT2D eigenvalue weighted by Gasteiger charge is -2.33. The first-order valence-corrected chi connectivity index (χ1v) is 7.82. The molecule has 0 spiro atoms. The van der Waals surface area contributed by atoms with Crippen molar-refractivity contribution >= 4 is 23.2 Å². The molecule has 2 aromatic carbocycles. The van der Waals surface area contributed by atoms with Gasteiger partial charge in [-0.2, -0.15) is 0 Å². The third-order valence-electron chi connectivity index (χ3n) is 4.12. The largest absolute Gasteiger partial charge is 0.316 e. The summed E-state index contributed by atoms with van der Waals surface area (Å²) in [6.45, 7) is 1.81. The minimum absolute atomic E-state index is 0.276. The summed E-state index contributed by atoms with van der Waals surface area (Å²) >= 11 is 12.4. The highest BCUT2D eigenvalue weighted by molar-refractivity contribution is 6.31. The fourth-order valence-corrected chi connectivity index (χ4v) is 3.63. The van der Waals surface area contributed by atoms with Crippen LogP contribution in [0.1, 0.15) is 29.4 Å². The van der Waals surface area contributed by atoms with Crippen LogP contribution in [0.3, 0.4) is 0 Å². The minimum Gasteiger partial charge on any atom is -0.316 e. The molecule has 1 aliphatic heterocycles. The second-order valence-electron chi connectivity index (χ2n) is 5.43. The van der Waals surface area contributed by atoms with Crippen molar-refractivity contribution in [2.75, 3.05) is 13.1 Å². The van der Waals surface area contributed by atoms with E-state index in [9.17, 15) is 4.39 Å². The van der Waals surface area contributed by atoms with Crippen LogP contribution in [-0.2, 0) is 0 Å².